The molecule has 0 aliphatic carbocycles. The second-order valence-electron chi connectivity index (χ2n) is 5.31. The highest BCUT2D eigenvalue weighted by molar-refractivity contribution is 5.93. The van der Waals surface area contributed by atoms with Crippen LogP contribution in [0.1, 0.15) is 43.5 Å². The summed E-state index contributed by atoms with van der Waals surface area (Å²) in [6, 6.07) is 9.97. The molecule has 5 nitrogen and oxygen atoms in total. The number of aromatic nitrogens is 2. The molecule has 2 rings (SSSR count). The number of rotatable bonds is 8. The number of anilines is 2. The van der Waals surface area contributed by atoms with Crippen molar-refractivity contribution < 1.29 is 4.79 Å². The molecule has 0 saturated heterocycles. The minimum Gasteiger partial charge on any atom is -0.352 e. The van der Waals surface area contributed by atoms with Crippen molar-refractivity contribution in [3.8, 4) is 0 Å². The minimum absolute atomic E-state index is 0.115. The summed E-state index contributed by atoms with van der Waals surface area (Å²) < 4.78 is 0. The third kappa shape index (κ3) is 4.77. The first kappa shape index (κ1) is 16.9. The maximum Gasteiger partial charge on any atom is 0.254 e. The van der Waals surface area contributed by atoms with Crippen molar-refractivity contribution in [1.29, 1.82) is 0 Å². The average molecular weight is 312 g/mol. The Morgan fingerprint density at radius 3 is 2.39 bits per heavy atom. The summed E-state index contributed by atoms with van der Waals surface area (Å²) in [5.41, 5.74) is 1.53. The highest BCUT2D eigenvalue weighted by Crippen LogP contribution is 2.20. The molecule has 1 amide bonds. The Balaban J connectivity index is 2.02. The molecule has 1 N–H and O–H groups in total. The van der Waals surface area contributed by atoms with Gasteiger partial charge in [0.25, 0.3) is 5.91 Å². The number of unbranched alkanes of at least 4 members (excludes halogenated alkanes) is 2. The molecule has 0 aliphatic heterocycles. The lowest BCUT2D eigenvalue weighted by atomic mass is 10.2. The quantitative estimate of drug-likeness (QED) is 0.757. The summed E-state index contributed by atoms with van der Waals surface area (Å²) in [4.78, 5) is 22.7. The smallest absolute Gasteiger partial charge is 0.254 e. The van der Waals surface area contributed by atoms with Crippen LogP contribution in [0.5, 0.6) is 0 Å². The van der Waals surface area contributed by atoms with Gasteiger partial charge in [0.05, 0.1) is 5.56 Å². The molecule has 0 spiro atoms. The van der Waals surface area contributed by atoms with E-state index >= 15 is 0 Å². The molecule has 0 aliphatic rings. The molecule has 0 unspecified atom stereocenters. The number of hydrogen-bond acceptors (Lipinski definition) is 4. The molecule has 1 aromatic heterocycles. The van der Waals surface area contributed by atoms with Gasteiger partial charge in [0.1, 0.15) is 0 Å². The number of hydrogen-bond donors (Lipinski definition) is 1. The van der Waals surface area contributed by atoms with Gasteiger partial charge in [-0.1, -0.05) is 38.0 Å². The van der Waals surface area contributed by atoms with Crippen molar-refractivity contribution in [2.75, 3.05) is 18.0 Å². The molecule has 1 aromatic carbocycles. The fourth-order valence-corrected chi connectivity index (χ4v) is 2.30. The third-order valence-electron chi connectivity index (χ3n) is 3.59. The molecule has 23 heavy (non-hydrogen) atoms. The highest BCUT2D eigenvalue weighted by atomic mass is 16.1. The van der Waals surface area contributed by atoms with E-state index in [2.05, 4.69) is 22.2 Å². The van der Waals surface area contributed by atoms with Gasteiger partial charge in [-0.05, 0) is 25.5 Å². The van der Waals surface area contributed by atoms with Gasteiger partial charge in [0.2, 0.25) is 5.95 Å². The van der Waals surface area contributed by atoms with E-state index in [-0.39, 0.29) is 5.91 Å². The van der Waals surface area contributed by atoms with Gasteiger partial charge in [-0.15, -0.1) is 0 Å². The number of nitrogens with zero attached hydrogens (tertiary/aromatic N) is 3. The number of amides is 1. The van der Waals surface area contributed by atoms with Crippen molar-refractivity contribution in [3.63, 3.8) is 0 Å². The molecule has 0 bridgehead atoms. The zero-order chi connectivity index (χ0) is 16.5. The normalized spacial score (nSPS) is 10.3. The fraction of sp³-hybridized carbons (Fsp3) is 0.389. The Bertz CT molecular complexity index is 598. The second-order valence-corrected chi connectivity index (χ2v) is 5.31. The molecule has 1 heterocycles. The van der Waals surface area contributed by atoms with Gasteiger partial charge < -0.3 is 10.2 Å². The Hall–Kier alpha value is -2.43. The second kappa shape index (κ2) is 8.88. The van der Waals surface area contributed by atoms with Crippen LogP contribution in [0.15, 0.2) is 42.7 Å². The van der Waals surface area contributed by atoms with Crippen LogP contribution in [0.2, 0.25) is 0 Å². The van der Waals surface area contributed by atoms with Crippen LogP contribution >= 0.6 is 0 Å². The zero-order valence-corrected chi connectivity index (χ0v) is 13.8. The molecule has 0 radical (unpaired) electrons. The van der Waals surface area contributed by atoms with Crippen LogP contribution in [-0.4, -0.2) is 29.0 Å². The van der Waals surface area contributed by atoms with Crippen LogP contribution in [0.25, 0.3) is 0 Å². The van der Waals surface area contributed by atoms with Crippen molar-refractivity contribution in [2.24, 2.45) is 0 Å². The van der Waals surface area contributed by atoms with Crippen molar-refractivity contribution >= 4 is 17.5 Å². The summed E-state index contributed by atoms with van der Waals surface area (Å²) in [6.45, 7) is 5.64. The predicted octanol–water partition coefficient (Wildman–Crippen LogP) is 3.55. The molecule has 5 heteroatoms. The number of nitrogens with one attached hydrogen (secondary N) is 1. The van der Waals surface area contributed by atoms with E-state index in [1.54, 1.807) is 12.4 Å². The van der Waals surface area contributed by atoms with Gasteiger partial charge in [0.15, 0.2) is 0 Å². The molecular weight excluding hydrogens is 288 g/mol. The standard InChI is InChI=1S/C18H24N4O/c1-3-5-9-12-19-17(23)15-13-20-18(21-14-15)22(4-2)16-10-7-6-8-11-16/h6-8,10-11,13-14H,3-5,9,12H2,1-2H3,(H,19,23). The summed E-state index contributed by atoms with van der Waals surface area (Å²) in [7, 11) is 0. The maximum absolute atomic E-state index is 12.0. The third-order valence-corrected chi connectivity index (χ3v) is 3.59. The van der Waals surface area contributed by atoms with Crippen molar-refractivity contribution in [2.45, 2.75) is 33.1 Å². The van der Waals surface area contributed by atoms with Crippen LogP contribution < -0.4 is 10.2 Å². The average Bonchev–Trinajstić information content (AvgIpc) is 2.61. The van der Waals surface area contributed by atoms with E-state index in [0.717, 1.165) is 31.5 Å². The fourth-order valence-electron chi connectivity index (χ4n) is 2.30. The summed E-state index contributed by atoms with van der Waals surface area (Å²) >= 11 is 0. The van der Waals surface area contributed by atoms with E-state index in [1.807, 2.05) is 42.2 Å². The topological polar surface area (TPSA) is 58.1 Å². The molecular formula is C18H24N4O. The van der Waals surface area contributed by atoms with E-state index < -0.39 is 0 Å². The Morgan fingerprint density at radius 1 is 1.09 bits per heavy atom. The van der Waals surface area contributed by atoms with Crippen LogP contribution in [-0.2, 0) is 0 Å². The molecule has 2 aromatic rings. The summed E-state index contributed by atoms with van der Waals surface area (Å²) in [6.07, 6.45) is 6.43. The Kier molecular flexibility index (Phi) is 6.54. The largest absolute Gasteiger partial charge is 0.352 e. The SMILES string of the molecule is CCCCCNC(=O)c1cnc(N(CC)c2ccccc2)nc1. The first-order chi connectivity index (χ1) is 11.3. The van der Waals surface area contributed by atoms with E-state index in [9.17, 15) is 4.79 Å². The lowest BCUT2D eigenvalue weighted by Gasteiger charge is -2.20. The first-order valence-electron chi connectivity index (χ1n) is 8.19. The lowest BCUT2D eigenvalue weighted by Crippen LogP contribution is -2.25. The summed E-state index contributed by atoms with van der Waals surface area (Å²) in [5, 5.41) is 2.90. The van der Waals surface area contributed by atoms with Crippen molar-refractivity contribution in [1.82, 2.24) is 15.3 Å². The summed E-state index contributed by atoms with van der Waals surface area (Å²) in [5.74, 6) is 0.483. The Labute approximate surface area is 137 Å². The number of carbonyl (C=O) groups excluding carboxylic acids is 1. The van der Waals surface area contributed by atoms with Gasteiger partial charge in [-0.2, -0.15) is 0 Å². The molecule has 0 atom stereocenters. The molecule has 0 saturated carbocycles. The van der Waals surface area contributed by atoms with Crippen LogP contribution in [0.3, 0.4) is 0 Å². The zero-order valence-electron chi connectivity index (χ0n) is 13.8. The van der Waals surface area contributed by atoms with Crippen LogP contribution in [0.4, 0.5) is 11.6 Å². The van der Waals surface area contributed by atoms with Crippen molar-refractivity contribution in [3.05, 3.63) is 48.3 Å². The first-order valence-corrected chi connectivity index (χ1v) is 8.19. The molecule has 122 valence electrons. The molecule has 0 fully saturated rings. The monoisotopic (exact) mass is 312 g/mol. The van der Waals surface area contributed by atoms with Gasteiger partial charge in [-0.25, -0.2) is 9.97 Å². The van der Waals surface area contributed by atoms with E-state index in [1.165, 1.54) is 0 Å². The van der Waals surface area contributed by atoms with Crippen LogP contribution in [0, 0.1) is 0 Å². The lowest BCUT2D eigenvalue weighted by molar-refractivity contribution is 0.0952. The highest BCUT2D eigenvalue weighted by Gasteiger charge is 2.11. The van der Waals surface area contributed by atoms with E-state index in [0.29, 0.717) is 18.1 Å². The maximum atomic E-state index is 12.0. The predicted molar refractivity (Wildman–Crippen MR) is 93.0 cm³/mol. The minimum atomic E-state index is -0.115. The Morgan fingerprint density at radius 2 is 1.78 bits per heavy atom. The van der Waals surface area contributed by atoms with E-state index in [4.69, 9.17) is 0 Å². The van der Waals surface area contributed by atoms with Gasteiger partial charge in [0, 0.05) is 31.2 Å². The number of para-hydroxylation sites is 1. The van der Waals surface area contributed by atoms with Gasteiger partial charge >= 0.3 is 0 Å². The number of carbonyl (C=O) groups is 1. The number of benzene rings is 1. The van der Waals surface area contributed by atoms with Gasteiger partial charge in [-0.3, -0.25) is 4.79 Å².